The highest BCUT2D eigenvalue weighted by atomic mass is 16.1. The molecule has 202 valence electrons. The molecule has 1 aromatic heterocycles. The van der Waals surface area contributed by atoms with E-state index in [1.54, 1.807) is 0 Å². The molecule has 0 spiro atoms. The van der Waals surface area contributed by atoms with Crippen molar-refractivity contribution in [3.63, 3.8) is 0 Å². The summed E-state index contributed by atoms with van der Waals surface area (Å²) in [4.78, 5) is 15.6. The standard InChI is InChI=1S/C33H39N5O/c1-25(2)20-30-21-28(36-38(30)29-16-10-5-11-17-29)22-32(39)35-24-37-19-18-34-23-31(37)33(26-12-6-3-7-13-26)27-14-8-4-9-15-27/h3-17,21,25,31,33-34H,18-20,22-24H2,1-2H3,(H,35,39). The summed E-state index contributed by atoms with van der Waals surface area (Å²) in [5, 5.41) is 11.6. The molecule has 0 bridgehead atoms. The average Bonchev–Trinajstić information content (AvgIpc) is 3.35. The Labute approximate surface area is 232 Å². The topological polar surface area (TPSA) is 62.2 Å². The number of carbonyl (C=O) groups excluding carboxylic acids is 1. The number of hydrogen-bond donors (Lipinski definition) is 2. The number of hydrogen-bond acceptors (Lipinski definition) is 4. The second-order valence-electron chi connectivity index (χ2n) is 10.8. The van der Waals surface area contributed by atoms with Gasteiger partial charge in [0.15, 0.2) is 0 Å². The van der Waals surface area contributed by atoms with Crippen molar-refractivity contribution in [1.82, 2.24) is 25.3 Å². The molecule has 6 nitrogen and oxygen atoms in total. The van der Waals surface area contributed by atoms with Crippen molar-refractivity contribution >= 4 is 5.91 Å². The Morgan fingerprint density at radius 1 is 0.949 bits per heavy atom. The molecule has 1 aliphatic rings. The fraction of sp³-hybridized carbons (Fsp3) is 0.333. The Morgan fingerprint density at radius 2 is 1.56 bits per heavy atom. The smallest absolute Gasteiger partial charge is 0.227 e. The van der Waals surface area contributed by atoms with Crippen molar-refractivity contribution in [2.75, 3.05) is 26.3 Å². The van der Waals surface area contributed by atoms with E-state index in [-0.39, 0.29) is 24.3 Å². The minimum absolute atomic E-state index is 0.00272. The molecule has 39 heavy (non-hydrogen) atoms. The van der Waals surface area contributed by atoms with Crippen LogP contribution in [0, 0.1) is 5.92 Å². The Kier molecular flexibility index (Phi) is 8.86. The highest BCUT2D eigenvalue weighted by molar-refractivity contribution is 5.78. The van der Waals surface area contributed by atoms with E-state index in [2.05, 4.69) is 108 Å². The van der Waals surface area contributed by atoms with Gasteiger partial charge in [0.05, 0.1) is 24.5 Å². The molecule has 0 aliphatic carbocycles. The molecule has 1 unspecified atom stereocenters. The van der Waals surface area contributed by atoms with E-state index in [9.17, 15) is 4.79 Å². The minimum atomic E-state index is -0.00272. The number of nitrogens with one attached hydrogen (secondary N) is 2. The van der Waals surface area contributed by atoms with Crippen LogP contribution in [0.15, 0.2) is 97.1 Å². The van der Waals surface area contributed by atoms with E-state index in [1.807, 2.05) is 22.9 Å². The van der Waals surface area contributed by atoms with E-state index < -0.39 is 0 Å². The molecule has 1 saturated heterocycles. The van der Waals surface area contributed by atoms with Crippen LogP contribution >= 0.6 is 0 Å². The van der Waals surface area contributed by atoms with Crippen LogP contribution in [0.3, 0.4) is 0 Å². The average molecular weight is 522 g/mol. The summed E-state index contributed by atoms with van der Waals surface area (Å²) in [5.41, 5.74) is 5.54. The van der Waals surface area contributed by atoms with Crippen molar-refractivity contribution in [3.8, 4) is 5.69 Å². The van der Waals surface area contributed by atoms with Crippen LogP contribution in [0.25, 0.3) is 5.69 Å². The van der Waals surface area contributed by atoms with Crippen molar-refractivity contribution in [1.29, 1.82) is 0 Å². The highest BCUT2D eigenvalue weighted by Gasteiger charge is 2.32. The van der Waals surface area contributed by atoms with Crippen LogP contribution in [-0.4, -0.2) is 52.9 Å². The first-order chi connectivity index (χ1) is 19.1. The summed E-state index contributed by atoms with van der Waals surface area (Å²) in [6, 6.07) is 33.9. The normalized spacial score (nSPS) is 16.1. The molecule has 5 rings (SSSR count). The second kappa shape index (κ2) is 12.9. The molecule has 3 aromatic carbocycles. The van der Waals surface area contributed by atoms with Crippen molar-refractivity contribution in [3.05, 3.63) is 120 Å². The summed E-state index contributed by atoms with van der Waals surface area (Å²) >= 11 is 0. The van der Waals surface area contributed by atoms with Gasteiger partial charge in [-0.25, -0.2) is 4.68 Å². The lowest BCUT2D eigenvalue weighted by Crippen LogP contribution is -2.56. The van der Waals surface area contributed by atoms with Gasteiger partial charge < -0.3 is 10.6 Å². The largest absolute Gasteiger partial charge is 0.343 e. The number of benzene rings is 3. The molecule has 1 aliphatic heterocycles. The van der Waals surface area contributed by atoms with E-state index in [0.29, 0.717) is 12.6 Å². The Hall–Kier alpha value is -3.74. The van der Waals surface area contributed by atoms with E-state index >= 15 is 0 Å². The Bertz CT molecular complexity index is 1280. The highest BCUT2D eigenvalue weighted by Crippen LogP contribution is 2.31. The molecule has 1 atom stereocenters. The predicted octanol–water partition coefficient (Wildman–Crippen LogP) is 4.79. The Balaban J connectivity index is 1.29. The zero-order valence-corrected chi connectivity index (χ0v) is 23.0. The van der Waals surface area contributed by atoms with Crippen LogP contribution in [0.1, 0.15) is 42.3 Å². The third kappa shape index (κ3) is 6.83. The lowest BCUT2D eigenvalue weighted by Gasteiger charge is -2.41. The zero-order chi connectivity index (χ0) is 27.0. The Morgan fingerprint density at radius 3 is 2.18 bits per heavy atom. The van der Waals surface area contributed by atoms with Gasteiger partial charge in [-0.05, 0) is 41.7 Å². The fourth-order valence-electron chi connectivity index (χ4n) is 5.58. The van der Waals surface area contributed by atoms with Gasteiger partial charge >= 0.3 is 0 Å². The predicted molar refractivity (Wildman–Crippen MR) is 157 cm³/mol. The van der Waals surface area contributed by atoms with Crippen LogP contribution in [0.2, 0.25) is 0 Å². The van der Waals surface area contributed by atoms with Crippen molar-refractivity contribution in [2.45, 2.75) is 38.6 Å². The number of nitrogens with zero attached hydrogens (tertiary/aromatic N) is 3. The third-order valence-electron chi connectivity index (χ3n) is 7.37. The first-order valence-corrected chi connectivity index (χ1v) is 14.0. The third-order valence-corrected chi connectivity index (χ3v) is 7.37. The number of aromatic nitrogens is 2. The first kappa shape index (κ1) is 26.9. The first-order valence-electron chi connectivity index (χ1n) is 14.0. The van der Waals surface area contributed by atoms with Crippen molar-refractivity contribution < 1.29 is 4.79 Å². The lowest BCUT2D eigenvalue weighted by atomic mass is 9.83. The maximum Gasteiger partial charge on any atom is 0.227 e. The molecule has 0 radical (unpaired) electrons. The van der Waals surface area contributed by atoms with E-state index in [1.165, 1.54) is 11.1 Å². The molecule has 1 fully saturated rings. The second-order valence-corrected chi connectivity index (χ2v) is 10.8. The molecule has 2 heterocycles. The number of amides is 1. The number of carbonyl (C=O) groups is 1. The molecule has 4 aromatic rings. The molecule has 6 heteroatoms. The monoisotopic (exact) mass is 521 g/mol. The van der Waals surface area contributed by atoms with Crippen LogP contribution in [0.4, 0.5) is 0 Å². The van der Waals surface area contributed by atoms with Crippen LogP contribution in [0.5, 0.6) is 0 Å². The van der Waals surface area contributed by atoms with Gasteiger partial charge in [0.25, 0.3) is 0 Å². The summed E-state index contributed by atoms with van der Waals surface area (Å²) in [5.74, 6) is 0.701. The van der Waals surface area contributed by atoms with Crippen LogP contribution < -0.4 is 10.6 Å². The van der Waals surface area contributed by atoms with Crippen molar-refractivity contribution in [2.24, 2.45) is 5.92 Å². The zero-order valence-electron chi connectivity index (χ0n) is 23.0. The van der Waals surface area contributed by atoms with Gasteiger partial charge in [0, 0.05) is 37.3 Å². The lowest BCUT2D eigenvalue weighted by molar-refractivity contribution is -0.121. The van der Waals surface area contributed by atoms with Gasteiger partial charge in [-0.15, -0.1) is 0 Å². The maximum atomic E-state index is 13.1. The summed E-state index contributed by atoms with van der Waals surface area (Å²) < 4.78 is 1.99. The quantitative estimate of drug-likeness (QED) is 0.315. The van der Waals surface area contributed by atoms with Crippen LogP contribution in [-0.2, 0) is 17.6 Å². The summed E-state index contributed by atoms with van der Waals surface area (Å²) in [6.45, 7) is 7.57. The molecular formula is C33H39N5O. The van der Waals surface area contributed by atoms with Gasteiger partial charge in [0.2, 0.25) is 5.91 Å². The summed E-state index contributed by atoms with van der Waals surface area (Å²) in [6.07, 6.45) is 1.18. The number of para-hydroxylation sites is 1. The molecule has 1 amide bonds. The van der Waals surface area contributed by atoms with E-state index in [4.69, 9.17) is 5.10 Å². The van der Waals surface area contributed by atoms with Gasteiger partial charge in [0.1, 0.15) is 0 Å². The minimum Gasteiger partial charge on any atom is -0.343 e. The maximum absolute atomic E-state index is 13.1. The molecule has 2 N–H and O–H groups in total. The van der Waals surface area contributed by atoms with Gasteiger partial charge in [-0.3, -0.25) is 9.69 Å². The summed E-state index contributed by atoms with van der Waals surface area (Å²) in [7, 11) is 0. The van der Waals surface area contributed by atoms with E-state index in [0.717, 1.165) is 43.1 Å². The molecular weight excluding hydrogens is 482 g/mol. The van der Waals surface area contributed by atoms with Gasteiger partial charge in [-0.2, -0.15) is 5.10 Å². The number of piperazine rings is 1. The number of rotatable bonds is 10. The SMILES string of the molecule is CC(C)Cc1cc(CC(=O)NCN2CCNCC2C(c2ccccc2)c2ccccc2)nn1-c1ccccc1. The van der Waals surface area contributed by atoms with Gasteiger partial charge in [-0.1, -0.05) is 92.7 Å². The molecule has 0 saturated carbocycles. The fourth-order valence-corrected chi connectivity index (χ4v) is 5.58.